The Morgan fingerprint density at radius 1 is 1.04 bits per heavy atom. The van der Waals surface area contributed by atoms with E-state index < -0.39 is 6.10 Å². The van der Waals surface area contributed by atoms with Gasteiger partial charge in [-0.1, -0.05) is 29.3 Å². The third-order valence-corrected chi connectivity index (χ3v) is 5.67. The maximum atomic E-state index is 12.8. The van der Waals surface area contributed by atoms with E-state index in [9.17, 15) is 4.79 Å². The highest BCUT2D eigenvalue weighted by molar-refractivity contribution is 6.32. The fourth-order valence-electron chi connectivity index (χ4n) is 3.34. The third kappa shape index (κ3) is 4.69. The molecule has 1 amide bonds. The summed E-state index contributed by atoms with van der Waals surface area (Å²) in [6.45, 7) is 8.55. The molecule has 0 bridgehead atoms. The number of hydrogen-bond donors (Lipinski definition) is 0. The lowest BCUT2D eigenvalue weighted by Crippen LogP contribution is -2.52. The molecule has 2 aromatic rings. The summed E-state index contributed by atoms with van der Waals surface area (Å²) in [5, 5.41) is 1.46. The van der Waals surface area contributed by atoms with Crippen molar-refractivity contribution < 1.29 is 9.53 Å². The second-order valence-corrected chi connectivity index (χ2v) is 7.74. The fraction of sp³-hybridized carbons (Fsp3) is 0.381. The van der Waals surface area contributed by atoms with Crippen LogP contribution in [-0.4, -0.2) is 43.1 Å². The van der Waals surface area contributed by atoms with Crippen LogP contribution in [0.2, 0.25) is 10.0 Å². The van der Waals surface area contributed by atoms with E-state index in [0.717, 1.165) is 39.9 Å². The predicted octanol–water partition coefficient (Wildman–Crippen LogP) is 4.73. The maximum absolute atomic E-state index is 12.8. The third-order valence-electron chi connectivity index (χ3n) is 4.84. The van der Waals surface area contributed by atoms with Gasteiger partial charge >= 0.3 is 0 Å². The van der Waals surface area contributed by atoms with Crippen LogP contribution in [-0.2, 0) is 4.79 Å². The Morgan fingerprint density at radius 2 is 1.67 bits per heavy atom. The van der Waals surface area contributed by atoms with Gasteiger partial charge in [-0.3, -0.25) is 4.79 Å². The van der Waals surface area contributed by atoms with Crippen molar-refractivity contribution in [1.29, 1.82) is 0 Å². The molecule has 1 saturated heterocycles. The molecule has 2 aromatic carbocycles. The number of nitrogens with zero attached hydrogens (tertiary/aromatic N) is 2. The van der Waals surface area contributed by atoms with E-state index in [2.05, 4.69) is 4.90 Å². The number of amides is 1. The van der Waals surface area contributed by atoms with E-state index in [0.29, 0.717) is 18.8 Å². The van der Waals surface area contributed by atoms with Crippen LogP contribution in [0.25, 0.3) is 0 Å². The number of aryl methyl sites for hydroxylation is 2. The number of benzene rings is 2. The molecule has 0 N–H and O–H groups in total. The van der Waals surface area contributed by atoms with Crippen molar-refractivity contribution in [2.75, 3.05) is 31.1 Å². The van der Waals surface area contributed by atoms with Crippen molar-refractivity contribution in [3.8, 4) is 5.75 Å². The number of halogens is 2. The molecule has 1 fully saturated rings. The summed E-state index contributed by atoms with van der Waals surface area (Å²) in [4.78, 5) is 16.9. The number of hydrogen-bond acceptors (Lipinski definition) is 3. The smallest absolute Gasteiger partial charge is 0.263 e. The zero-order chi connectivity index (χ0) is 19.6. The Kier molecular flexibility index (Phi) is 6.18. The number of carbonyl (C=O) groups excluding carboxylic acids is 1. The highest BCUT2D eigenvalue weighted by Gasteiger charge is 2.26. The molecule has 0 unspecified atom stereocenters. The van der Waals surface area contributed by atoms with Gasteiger partial charge in [-0.15, -0.1) is 0 Å². The minimum atomic E-state index is -0.539. The van der Waals surface area contributed by atoms with Crippen LogP contribution in [0.3, 0.4) is 0 Å². The van der Waals surface area contributed by atoms with Crippen LogP contribution in [0, 0.1) is 13.8 Å². The fourth-order valence-corrected chi connectivity index (χ4v) is 3.64. The summed E-state index contributed by atoms with van der Waals surface area (Å²) < 4.78 is 5.89. The summed E-state index contributed by atoms with van der Waals surface area (Å²) in [5.41, 5.74) is 2.98. The lowest BCUT2D eigenvalue weighted by molar-refractivity contribution is -0.138. The van der Waals surface area contributed by atoms with Crippen molar-refractivity contribution in [2.24, 2.45) is 0 Å². The molecule has 0 aliphatic carbocycles. The molecule has 144 valence electrons. The monoisotopic (exact) mass is 406 g/mol. The summed E-state index contributed by atoms with van der Waals surface area (Å²) in [7, 11) is 0. The lowest BCUT2D eigenvalue weighted by atomic mass is 10.1. The van der Waals surface area contributed by atoms with Gasteiger partial charge in [0.2, 0.25) is 0 Å². The minimum absolute atomic E-state index is 0.00556. The van der Waals surface area contributed by atoms with Crippen LogP contribution in [0.1, 0.15) is 18.1 Å². The van der Waals surface area contributed by atoms with Crippen molar-refractivity contribution in [3.05, 3.63) is 57.6 Å². The van der Waals surface area contributed by atoms with Crippen LogP contribution >= 0.6 is 23.2 Å². The quantitative estimate of drug-likeness (QED) is 0.735. The van der Waals surface area contributed by atoms with Crippen LogP contribution in [0.15, 0.2) is 36.4 Å². The lowest BCUT2D eigenvalue weighted by Gasteiger charge is -2.37. The molecule has 0 saturated carbocycles. The van der Waals surface area contributed by atoms with Crippen LogP contribution in [0.4, 0.5) is 5.69 Å². The Hall–Kier alpha value is -1.91. The van der Waals surface area contributed by atoms with Gasteiger partial charge in [0.15, 0.2) is 6.10 Å². The van der Waals surface area contributed by atoms with E-state index in [1.807, 2.05) is 55.1 Å². The van der Waals surface area contributed by atoms with Gasteiger partial charge in [0, 0.05) is 41.9 Å². The van der Waals surface area contributed by atoms with Crippen LogP contribution in [0.5, 0.6) is 5.75 Å². The molecule has 1 aliphatic rings. The standard InChI is InChI=1S/C21H24Cl2N2O2/c1-14-11-19(12-15(2)20(14)23)27-16(3)21(26)25-9-7-24(8-10-25)18-6-4-5-17(22)13-18/h4-6,11-13,16H,7-10H2,1-3H3/t16-/m1/s1. The summed E-state index contributed by atoms with van der Waals surface area (Å²) >= 11 is 12.3. The average molecular weight is 407 g/mol. The molecular weight excluding hydrogens is 383 g/mol. The maximum Gasteiger partial charge on any atom is 0.263 e. The minimum Gasteiger partial charge on any atom is -0.481 e. The van der Waals surface area contributed by atoms with E-state index in [-0.39, 0.29) is 5.91 Å². The first-order chi connectivity index (χ1) is 12.8. The van der Waals surface area contributed by atoms with Gasteiger partial charge in [0.25, 0.3) is 5.91 Å². The largest absolute Gasteiger partial charge is 0.481 e. The molecule has 27 heavy (non-hydrogen) atoms. The molecule has 3 rings (SSSR count). The Morgan fingerprint density at radius 3 is 2.26 bits per heavy atom. The first kappa shape index (κ1) is 19.8. The van der Waals surface area contributed by atoms with E-state index in [4.69, 9.17) is 27.9 Å². The van der Waals surface area contributed by atoms with Crippen molar-refractivity contribution in [3.63, 3.8) is 0 Å². The summed E-state index contributed by atoms with van der Waals surface area (Å²) in [6.07, 6.45) is -0.539. The Balaban J connectivity index is 1.58. The Labute approximate surface area is 170 Å². The van der Waals surface area contributed by atoms with Gasteiger partial charge in [-0.2, -0.15) is 0 Å². The molecule has 1 aliphatic heterocycles. The topological polar surface area (TPSA) is 32.8 Å². The zero-order valence-corrected chi connectivity index (χ0v) is 17.3. The Bertz CT molecular complexity index is 810. The SMILES string of the molecule is Cc1cc(O[C@H](C)C(=O)N2CCN(c3cccc(Cl)c3)CC2)cc(C)c1Cl. The zero-order valence-electron chi connectivity index (χ0n) is 15.8. The molecule has 4 nitrogen and oxygen atoms in total. The molecule has 1 atom stereocenters. The van der Waals surface area contributed by atoms with Crippen molar-refractivity contribution in [2.45, 2.75) is 26.9 Å². The van der Waals surface area contributed by atoms with E-state index in [1.54, 1.807) is 6.92 Å². The second-order valence-electron chi connectivity index (χ2n) is 6.92. The van der Waals surface area contributed by atoms with Gasteiger partial charge < -0.3 is 14.5 Å². The molecule has 1 heterocycles. The van der Waals surface area contributed by atoms with Gasteiger partial charge in [0.05, 0.1) is 0 Å². The van der Waals surface area contributed by atoms with Gasteiger partial charge in [-0.05, 0) is 62.2 Å². The summed E-state index contributed by atoms with van der Waals surface area (Å²) in [5.74, 6) is 0.679. The molecule has 0 radical (unpaired) electrons. The molecule has 6 heteroatoms. The van der Waals surface area contributed by atoms with E-state index >= 15 is 0 Å². The highest BCUT2D eigenvalue weighted by atomic mass is 35.5. The average Bonchev–Trinajstić information content (AvgIpc) is 2.65. The molecular formula is C21H24Cl2N2O2. The van der Waals surface area contributed by atoms with Gasteiger partial charge in [-0.25, -0.2) is 0 Å². The van der Waals surface area contributed by atoms with Crippen LogP contribution < -0.4 is 9.64 Å². The summed E-state index contributed by atoms with van der Waals surface area (Å²) in [6, 6.07) is 11.5. The van der Waals surface area contributed by atoms with Gasteiger partial charge in [0.1, 0.15) is 5.75 Å². The number of ether oxygens (including phenoxy) is 1. The number of rotatable bonds is 4. The molecule has 0 spiro atoms. The second kappa shape index (κ2) is 8.41. The number of anilines is 1. The van der Waals surface area contributed by atoms with E-state index in [1.165, 1.54) is 0 Å². The number of carbonyl (C=O) groups is 1. The number of piperazine rings is 1. The first-order valence-corrected chi connectivity index (χ1v) is 9.83. The van der Waals surface area contributed by atoms with Crippen molar-refractivity contribution in [1.82, 2.24) is 4.90 Å². The molecule has 0 aromatic heterocycles. The normalized spacial score (nSPS) is 15.6. The van der Waals surface area contributed by atoms with Crippen molar-refractivity contribution >= 4 is 34.8 Å². The predicted molar refractivity (Wildman–Crippen MR) is 111 cm³/mol. The first-order valence-electron chi connectivity index (χ1n) is 9.08. The highest BCUT2D eigenvalue weighted by Crippen LogP contribution is 2.27.